The van der Waals surface area contributed by atoms with Gasteiger partial charge in [0.05, 0.1) is 6.54 Å². The maximum atomic E-state index is 12.7. The molecule has 0 bridgehead atoms. The molecule has 0 spiro atoms. The van der Waals surface area contributed by atoms with E-state index in [0.717, 1.165) is 31.4 Å². The second-order valence-electron chi connectivity index (χ2n) is 6.84. The van der Waals surface area contributed by atoms with Gasteiger partial charge in [0.15, 0.2) is 0 Å². The molecule has 2 aromatic heterocycles. The Morgan fingerprint density at radius 2 is 2.17 bits per heavy atom. The molecule has 5 heteroatoms. The zero-order valence-electron chi connectivity index (χ0n) is 13.4. The average Bonchev–Trinajstić information content (AvgIpc) is 2.93. The largest absolute Gasteiger partial charge is 0.346 e. The van der Waals surface area contributed by atoms with E-state index in [2.05, 4.69) is 34.7 Å². The van der Waals surface area contributed by atoms with Gasteiger partial charge in [-0.15, -0.1) is 11.3 Å². The monoisotopic (exact) mass is 329 g/mol. The highest BCUT2D eigenvalue weighted by atomic mass is 32.1. The Hall–Kier alpha value is -1.59. The van der Waals surface area contributed by atoms with E-state index < -0.39 is 0 Å². The minimum atomic E-state index is 0.0565. The number of nitrogens with one attached hydrogen (secondary N) is 1. The fourth-order valence-electron chi connectivity index (χ4n) is 3.50. The van der Waals surface area contributed by atoms with E-state index in [1.54, 1.807) is 11.3 Å². The van der Waals surface area contributed by atoms with Crippen LogP contribution in [0, 0.1) is 5.92 Å². The Balaban J connectivity index is 1.42. The lowest BCUT2D eigenvalue weighted by molar-refractivity contribution is 0.0922. The maximum Gasteiger partial charge on any atom is 0.268 e. The Kier molecular flexibility index (Phi) is 3.99. The highest BCUT2D eigenvalue weighted by Crippen LogP contribution is 2.31. The normalized spacial score (nSPS) is 24.9. The highest BCUT2D eigenvalue weighted by molar-refractivity contribution is 7.09. The molecule has 4 nitrogen and oxygen atoms in total. The number of hydrogen-bond acceptors (Lipinski definition) is 3. The molecule has 2 aromatic rings. The van der Waals surface area contributed by atoms with Gasteiger partial charge in [-0.2, -0.15) is 0 Å². The Morgan fingerprint density at radius 1 is 1.30 bits per heavy atom. The summed E-state index contributed by atoms with van der Waals surface area (Å²) in [5, 5.41) is 5.34. The third-order valence-electron chi connectivity index (χ3n) is 4.99. The van der Waals surface area contributed by atoms with Crippen LogP contribution in [0.4, 0.5) is 0 Å². The van der Waals surface area contributed by atoms with E-state index in [1.807, 2.05) is 22.9 Å². The summed E-state index contributed by atoms with van der Waals surface area (Å²) in [5.74, 6) is 0.585. The Bertz CT molecular complexity index is 674. The molecular weight excluding hydrogens is 306 g/mol. The fraction of sp³-hybridized carbons (Fsp3) is 0.500. The summed E-state index contributed by atoms with van der Waals surface area (Å²) in [7, 11) is 0. The number of rotatable bonds is 5. The number of carbonyl (C=O) groups excluding carboxylic acids is 1. The van der Waals surface area contributed by atoms with Crippen molar-refractivity contribution < 1.29 is 4.79 Å². The van der Waals surface area contributed by atoms with Crippen molar-refractivity contribution in [1.82, 2.24) is 14.8 Å². The molecule has 1 saturated heterocycles. The van der Waals surface area contributed by atoms with Crippen LogP contribution in [-0.4, -0.2) is 40.5 Å². The van der Waals surface area contributed by atoms with Crippen molar-refractivity contribution in [3.63, 3.8) is 0 Å². The van der Waals surface area contributed by atoms with Crippen LogP contribution >= 0.6 is 11.3 Å². The van der Waals surface area contributed by atoms with Gasteiger partial charge in [0.1, 0.15) is 5.69 Å². The average molecular weight is 329 g/mol. The predicted molar refractivity (Wildman–Crippen MR) is 92.9 cm³/mol. The molecule has 23 heavy (non-hydrogen) atoms. The lowest BCUT2D eigenvalue weighted by atomic mass is 10.1. The van der Waals surface area contributed by atoms with Crippen LogP contribution in [0.2, 0.25) is 0 Å². The van der Waals surface area contributed by atoms with Gasteiger partial charge in [-0.05, 0) is 42.3 Å². The first kappa shape index (κ1) is 15.0. The standard InChI is InChI=1S/C18H23N3OS/c1-13-10-21(14-6-7-14)12-16(13)19-18(22)17-5-2-8-20(17)11-15-4-3-9-23-15/h2-5,8-9,13-14,16H,6-7,10-12H2,1H3,(H,19,22)/t13-,16-/m1/s1. The fourth-order valence-corrected chi connectivity index (χ4v) is 4.20. The van der Waals surface area contributed by atoms with Crippen LogP contribution in [0.3, 0.4) is 0 Å². The molecule has 0 aromatic carbocycles. The molecule has 1 saturated carbocycles. The first-order valence-corrected chi connectivity index (χ1v) is 9.31. The van der Waals surface area contributed by atoms with Crippen LogP contribution in [0.25, 0.3) is 0 Å². The molecule has 2 atom stereocenters. The lowest BCUT2D eigenvalue weighted by Gasteiger charge is -2.18. The molecule has 3 heterocycles. The van der Waals surface area contributed by atoms with Crippen molar-refractivity contribution >= 4 is 17.2 Å². The summed E-state index contributed by atoms with van der Waals surface area (Å²) in [6.45, 7) is 5.13. The number of likely N-dealkylation sites (tertiary alicyclic amines) is 1. The third-order valence-corrected chi connectivity index (χ3v) is 5.85. The van der Waals surface area contributed by atoms with Crippen LogP contribution in [-0.2, 0) is 6.54 Å². The van der Waals surface area contributed by atoms with E-state index in [9.17, 15) is 4.79 Å². The van der Waals surface area contributed by atoms with Crippen LogP contribution in [0.15, 0.2) is 35.8 Å². The van der Waals surface area contributed by atoms with Gasteiger partial charge in [-0.1, -0.05) is 13.0 Å². The van der Waals surface area contributed by atoms with Gasteiger partial charge in [0, 0.05) is 36.2 Å². The number of nitrogens with zero attached hydrogens (tertiary/aromatic N) is 2. The van der Waals surface area contributed by atoms with Crippen molar-refractivity contribution in [2.24, 2.45) is 5.92 Å². The summed E-state index contributed by atoms with van der Waals surface area (Å²) in [6, 6.07) is 9.09. The van der Waals surface area contributed by atoms with Crippen molar-refractivity contribution in [1.29, 1.82) is 0 Å². The molecular formula is C18H23N3OS. The van der Waals surface area contributed by atoms with Crippen molar-refractivity contribution in [2.45, 2.75) is 38.4 Å². The van der Waals surface area contributed by atoms with Crippen molar-refractivity contribution in [2.75, 3.05) is 13.1 Å². The van der Waals surface area contributed by atoms with Crippen molar-refractivity contribution in [3.8, 4) is 0 Å². The molecule has 1 amide bonds. The van der Waals surface area contributed by atoms with Crippen molar-refractivity contribution in [3.05, 3.63) is 46.4 Å². The maximum absolute atomic E-state index is 12.7. The van der Waals surface area contributed by atoms with Gasteiger partial charge in [-0.25, -0.2) is 0 Å². The predicted octanol–water partition coefficient (Wildman–Crippen LogP) is 2.81. The second kappa shape index (κ2) is 6.13. The molecule has 0 radical (unpaired) electrons. The summed E-state index contributed by atoms with van der Waals surface area (Å²) >= 11 is 1.73. The number of thiophene rings is 1. The number of carbonyl (C=O) groups is 1. The zero-order valence-corrected chi connectivity index (χ0v) is 14.3. The summed E-state index contributed by atoms with van der Waals surface area (Å²) < 4.78 is 2.04. The van der Waals surface area contributed by atoms with Crippen LogP contribution in [0.1, 0.15) is 35.1 Å². The molecule has 2 aliphatic rings. The zero-order chi connectivity index (χ0) is 15.8. The summed E-state index contributed by atoms with van der Waals surface area (Å²) in [5.41, 5.74) is 0.760. The van der Waals surface area contributed by atoms with Gasteiger partial charge in [0.25, 0.3) is 5.91 Å². The van der Waals surface area contributed by atoms with E-state index in [0.29, 0.717) is 5.92 Å². The highest BCUT2D eigenvalue weighted by Gasteiger charge is 2.38. The summed E-state index contributed by atoms with van der Waals surface area (Å²) in [4.78, 5) is 16.5. The third kappa shape index (κ3) is 3.21. The van der Waals surface area contributed by atoms with Crippen LogP contribution < -0.4 is 5.32 Å². The number of aromatic nitrogens is 1. The van der Waals surface area contributed by atoms with E-state index in [-0.39, 0.29) is 11.9 Å². The molecule has 1 N–H and O–H groups in total. The quantitative estimate of drug-likeness (QED) is 0.916. The molecule has 0 unspecified atom stereocenters. The minimum absolute atomic E-state index is 0.0565. The lowest BCUT2D eigenvalue weighted by Crippen LogP contribution is -2.40. The number of amides is 1. The molecule has 122 valence electrons. The van der Waals surface area contributed by atoms with E-state index in [1.165, 1.54) is 17.7 Å². The molecule has 4 rings (SSSR count). The SMILES string of the molecule is C[C@@H]1CN(C2CC2)C[C@H]1NC(=O)c1cccn1Cc1cccs1. The smallest absolute Gasteiger partial charge is 0.268 e. The molecule has 1 aliphatic carbocycles. The van der Waals surface area contributed by atoms with E-state index in [4.69, 9.17) is 0 Å². The molecule has 2 fully saturated rings. The van der Waals surface area contributed by atoms with Crippen LogP contribution in [0.5, 0.6) is 0 Å². The van der Waals surface area contributed by atoms with Gasteiger partial charge >= 0.3 is 0 Å². The Morgan fingerprint density at radius 3 is 2.91 bits per heavy atom. The summed E-state index contributed by atoms with van der Waals surface area (Å²) in [6.07, 6.45) is 4.65. The second-order valence-corrected chi connectivity index (χ2v) is 7.88. The minimum Gasteiger partial charge on any atom is -0.346 e. The van der Waals surface area contributed by atoms with Gasteiger partial charge in [0.2, 0.25) is 0 Å². The first-order valence-electron chi connectivity index (χ1n) is 8.43. The van der Waals surface area contributed by atoms with Gasteiger partial charge in [-0.3, -0.25) is 9.69 Å². The van der Waals surface area contributed by atoms with E-state index >= 15 is 0 Å². The topological polar surface area (TPSA) is 37.3 Å². The molecule has 1 aliphatic heterocycles. The Labute approximate surface area is 141 Å². The van der Waals surface area contributed by atoms with Gasteiger partial charge < -0.3 is 9.88 Å². The number of hydrogen-bond donors (Lipinski definition) is 1. The first-order chi connectivity index (χ1) is 11.2.